The lowest BCUT2D eigenvalue weighted by molar-refractivity contribution is -0.120. The third kappa shape index (κ3) is 2.96. The van der Waals surface area contributed by atoms with Gasteiger partial charge in [-0.25, -0.2) is 0 Å². The van der Waals surface area contributed by atoms with E-state index in [1.165, 1.54) is 0 Å². The van der Waals surface area contributed by atoms with Crippen LogP contribution in [0, 0.1) is 0 Å². The molecule has 1 amide bonds. The second-order valence-electron chi connectivity index (χ2n) is 3.99. The highest BCUT2D eigenvalue weighted by molar-refractivity contribution is 5.80. The van der Waals surface area contributed by atoms with E-state index in [-0.39, 0.29) is 12.1 Å². The molecule has 0 aliphatic rings. The van der Waals surface area contributed by atoms with E-state index in [9.17, 15) is 4.79 Å². The normalized spacial score (nSPS) is 14.8. The van der Waals surface area contributed by atoms with Crippen molar-refractivity contribution in [2.24, 2.45) is 11.5 Å². The van der Waals surface area contributed by atoms with Gasteiger partial charge in [0.25, 0.3) is 0 Å². The molecule has 16 heavy (non-hydrogen) atoms. The van der Waals surface area contributed by atoms with E-state index in [4.69, 9.17) is 16.2 Å². The Bertz CT molecular complexity index is 361. The fraction of sp³-hybridized carbons (Fsp3) is 0.600. The number of amides is 1. The van der Waals surface area contributed by atoms with Crippen LogP contribution < -0.4 is 16.2 Å². The van der Waals surface area contributed by atoms with Crippen LogP contribution in [0.2, 0.25) is 0 Å². The summed E-state index contributed by atoms with van der Waals surface area (Å²) in [5.41, 5.74) is 10.8. The predicted octanol–water partition coefficient (Wildman–Crippen LogP) is 0.0439. The van der Waals surface area contributed by atoms with Gasteiger partial charge in [0.15, 0.2) is 5.75 Å². The van der Waals surface area contributed by atoms with Gasteiger partial charge in [-0.15, -0.1) is 0 Å². The van der Waals surface area contributed by atoms with Crippen LogP contribution in [0.25, 0.3) is 0 Å². The van der Waals surface area contributed by atoms with Crippen molar-refractivity contribution in [3.63, 3.8) is 0 Å². The van der Waals surface area contributed by atoms with Crippen LogP contribution in [0.4, 0.5) is 0 Å². The molecule has 6 heteroatoms. The van der Waals surface area contributed by atoms with Crippen molar-refractivity contribution in [3.8, 4) is 5.75 Å². The highest BCUT2D eigenvalue weighted by atomic mass is 16.5. The first kappa shape index (κ1) is 12.5. The van der Waals surface area contributed by atoms with Crippen molar-refractivity contribution in [3.05, 3.63) is 12.4 Å². The van der Waals surface area contributed by atoms with E-state index in [1.54, 1.807) is 24.0 Å². The fourth-order valence-electron chi connectivity index (χ4n) is 1.28. The van der Waals surface area contributed by atoms with E-state index < -0.39 is 11.9 Å². The number of rotatable bonds is 5. The van der Waals surface area contributed by atoms with Gasteiger partial charge in [-0.1, -0.05) is 0 Å². The van der Waals surface area contributed by atoms with Crippen LogP contribution in [0.3, 0.4) is 0 Å². The summed E-state index contributed by atoms with van der Waals surface area (Å²) in [6.07, 6.45) is 3.37. The Morgan fingerprint density at radius 2 is 2.12 bits per heavy atom. The highest BCUT2D eigenvalue weighted by Crippen LogP contribution is 2.15. The zero-order valence-corrected chi connectivity index (χ0v) is 9.75. The zero-order chi connectivity index (χ0) is 12.3. The smallest absolute Gasteiger partial charge is 0.236 e. The molecule has 0 fully saturated rings. The van der Waals surface area contributed by atoms with Crippen molar-refractivity contribution in [2.45, 2.75) is 39.0 Å². The maximum Gasteiger partial charge on any atom is 0.236 e. The first-order valence-electron chi connectivity index (χ1n) is 5.17. The Morgan fingerprint density at radius 3 is 2.62 bits per heavy atom. The molecule has 0 spiro atoms. The van der Waals surface area contributed by atoms with Crippen LogP contribution in [0.1, 0.15) is 26.8 Å². The number of primary amides is 1. The number of carbonyl (C=O) groups excluding carboxylic acids is 1. The lowest BCUT2D eigenvalue weighted by Gasteiger charge is -2.16. The molecule has 1 heterocycles. The van der Waals surface area contributed by atoms with Crippen molar-refractivity contribution >= 4 is 5.91 Å². The zero-order valence-electron chi connectivity index (χ0n) is 9.75. The minimum atomic E-state index is -0.758. The summed E-state index contributed by atoms with van der Waals surface area (Å²) in [7, 11) is 0. The van der Waals surface area contributed by atoms with Crippen LogP contribution in [-0.2, 0) is 4.79 Å². The molecule has 0 saturated heterocycles. The number of nitrogens with two attached hydrogens (primary N) is 2. The van der Waals surface area contributed by atoms with Gasteiger partial charge in [-0.2, -0.15) is 5.10 Å². The number of aromatic nitrogens is 2. The highest BCUT2D eigenvalue weighted by Gasteiger charge is 2.20. The lowest BCUT2D eigenvalue weighted by Crippen LogP contribution is -2.42. The average Bonchev–Trinajstić information content (AvgIpc) is 2.62. The summed E-state index contributed by atoms with van der Waals surface area (Å²) in [4.78, 5) is 10.9. The fourth-order valence-corrected chi connectivity index (χ4v) is 1.28. The number of hydrogen-bond donors (Lipinski definition) is 2. The molecule has 1 aromatic rings. The third-order valence-corrected chi connectivity index (χ3v) is 2.22. The van der Waals surface area contributed by atoms with Crippen LogP contribution in [0.15, 0.2) is 12.4 Å². The van der Waals surface area contributed by atoms with Gasteiger partial charge >= 0.3 is 0 Å². The monoisotopic (exact) mass is 226 g/mol. The number of carbonyl (C=O) groups is 1. The van der Waals surface area contributed by atoms with Gasteiger partial charge in [0.1, 0.15) is 6.04 Å². The summed E-state index contributed by atoms with van der Waals surface area (Å²) in [5, 5.41) is 4.08. The molecule has 0 aromatic carbocycles. The SMILES string of the molecule is CC(C)Oc1cnn(C(C)C(N)C(N)=O)c1. The summed E-state index contributed by atoms with van der Waals surface area (Å²) in [5.74, 6) is 0.104. The molecule has 6 nitrogen and oxygen atoms in total. The molecule has 0 bridgehead atoms. The molecule has 90 valence electrons. The average molecular weight is 226 g/mol. The van der Waals surface area contributed by atoms with E-state index in [1.807, 2.05) is 13.8 Å². The molecule has 0 aliphatic carbocycles. The van der Waals surface area contributed by atoms with Gasteiger partial charge in [0.05, 0.1) is 24.5 Å². The van der Waals surface area contributed by atoms with E-state index in [0.717, 1.165) is 0 Å². The molecule has 0 aliphatic heterocycles. The Hall–Kier alpha value is -1.56. The van der Waals surface area contributed by atoms with E-state index in [0.29, 0.717) is 5.75 Å². The molecule has 4 N–H and O–H groups in total. The van der Waals surface area contributed by atoms with Gasteiger partial charge < -0.3 is 16.2 Å². The topological polar surface area (TPSA) is 96.2 Å². The summed E-state index contributed by atoms with van der Waals surface area (Å²) >= 11 is 0. The third-order valence-electron chi connectivity index (χ3n) is 2.22. The van der Waals surface area contributed by atoms with E-state index in [2.05, 4.69) is 5.10 Å². The largest absolute Gasteiger partial charge is 0.488 e. The molecule has 1 rings (SSSR count). The van der Waals surface area contributed by atoms with Crippen LogP contribution in [0.5, 0.6) is 5.75 Å². The Balaban J connectivity index is 2.73. The molecule has 2 atom stereocenters. The summed E-state index contributed by atoms with van der Waals surface area (Å²) < 4.78 is 7.02. The van der Waals surface area contributed by atoms with Crippen LogP contribution in [-0.4, -0.2) is 27.8 Å². The van der Waals surface area contributed by atoms with Crippen molar-refractivity contribution in [1.29, 1.82) is 0 Å². The number of nitrogens with zero attached hydrogens (tertiary/aromatic N) is 2. The van der Waals surface area contributed by atoms with Gasteiger partial charge in [0.2, 0.25) is 5.91 Å². The summed E-state index contributed by atoms with van der Waals surface area (Å²) in [6.45, 7) is 5.63. The second-order valence-corrected chi connectivity index (χ2v) is 3.99. The minimum absolute atomic E-state index is 0.0813. The molecular weight excluding hydrogens is 208 g/mol. The van der Waals surface area contributed by atoms with Gasteiger partial charge in [-0.3, -0.25) is 9.48 Å². The Kier molecular flexibility index (Phi) is 3.89. The quantitative estimate of drug-likeness (QED) is 0.741. The molecule has 0 saturated carbocycles. The van der Waals surface area contributed by atoms with Crippen molar-refractivity contribution in [2.75, 3.05) is 0 Å². The molecule has 1 aromatic heterocycles. The standard InChI is InChI=1S/C10H18N4O2/c1-6(2)16-8-4-13-14(5-8)7(3)9(11)10(12)15/h4-7,9H,11H2,1-3H3,(H2,12,15). The summed E-state index contributed by atoms with van der Waals surface area (Å²) in [6, 6.07) is -1.05. The minimum Gasteiger partial charge on any atom is -0.488 e. The molecule has 2 unspecified atom stereocenters. The van der Waals surface area contributed by atoms with Crippen LogP contribution >= 0.6 is 0 Å². The number of ether oxygens (including phenoxy) is 1. The number of hydrogen-bond acceptors (Lipinski definition) is 4. The Morgan fingerprint density at radius 1 is 1.50 bits per heavy atom. The molecular formula is C10H18N4O2. The molecule has 0 radical (unpaired) electrons. The van der Waals surface area contributed by atoms with Crippen molar-refractivity contribution in [1.82, 2.24) is 9.78 Å². The lowest BCUT2D eigenvalue weighted by atomic mass is 10.1. The second kappa shape index (κ2) is 4.98. The van der Waals surface area contributed by atoms with Crippen molar-refractivity contribution < 1.29 is 9.53 Å². The first-order chi connectivity index (χ1) is 7.41. The van der Waals surface area contributed by atoms with Gasteiger partial charge in [0, 0.05) is 0 Å². The maximum atomic E-state index is 10.9. The Labute approximate surface area is 94.5 Å². The van der Waals surface area contributed by atoms with Gasteiger partial charge in [-0.05, 0) is 20.8 Å². The first-order valence-corrected chi connectivity index (χ1v) is 5.17. The van der Waals surface area contributed by atoms with E-state index >= 15 is 0 Å². The predicted molar refractivity (Wildman–Crippen MR) is 59.9 cm³/mol. The maximum absolute atomic E-state index is 10.9.